The summed E-state index contributed by atoms with van der Waals surface area (Å²) in [7, 11) is 0. The van der Waals surface area contributed by atoms with Gasteiger partial charge < -0.3 is 4.90 Å². The Morgan fingerprint density at radius 1 is 1.73 bits per heavy atom. The first kappa shape index (κ1) is 8.00. The van der Waals surface area contributed by atoms with Crippen LogP contribution >= 0.6 is 0 Å². The van der Waals surface area contributed by atoms with Crippen LogP contribution in [0.3, 0.4) is 0 Å². The molecule has 0 aliphatic carbocycles. The van der Waals surface area contributed by atoms with Gasteiger partial charge in [0.2, 0.25) is 5.91 Å². The van der Waals surface area contributed by atoms with Crippen LogP contribution in [-0.4, -0.2) is 35.0 Å². The minimum Gasteiger partial charge on any atom is -0.333 e. The Morgan fingerprint density at radius 3 is 2.91 bits per heavy atom. The van der Waals surface area contributed by atoms with E-state index < -0.39 is 5.91 Å². The van der Waals surface area contributed by atoms with Crippen LogP contribution in [0.2, 0.25) is 0 Å². The fraction of sp³-hybridized carbons (Fsp3) is 0.667. The van der Waals surface area contributed by atoms with Gasteiger partial charge in [-0.3, -0.25) is 14.8 Å². The second kappa shape index (κ2) is 3.34. The highest BCUT2D eigenvalue weighted by Crippen LogP contribution is 2.07. The molecule has 0 unspecified atom stereocenters. The van der Waals surface area contributed by atoms with Gasteiger partial charge in [-0.15, -0.1) is 0 Å². The van der Waals surface area contributed by atoms with Gasteiger partial charge in [-0.1, -0.05) is 0 Å². The Balaban J connectivity index is 2.36. The van der Waals surface area contributed by atoms with Gasteiger partial charge in [0.1, 0.15) is 6.54 Å². The molecule has 5 nitrogen and oxygen atoms in total. The van der Waals surface area contributed by atoms with Gasteiger partial charge in [0.05, 0.1) is 0 Å². The number of hydroxylamine groups is 1. The monoisotopic (exact) mass is 158 g/mol. The third-order valence-electron chi connectivity index (χ3n) is 1.63. The largest absolute Gasteiger partial charge is 0.333 e. The summed E-state index contributed by atoms with van der Waals surface area (Å²) in [6.45, 7) is 0.585. The Bertz CT molecular complexity index is 181. The highest BCUT2D eigenvalue weighted by molar-refractivity contribution is 5.85. The summed E-state index contributed by atoms with van der Waals surface area (Å²) in [4.78, 5) is 22.9. The van der Waals surface area contributed by atoms with Gasteiger partial charge >= 0.3 is 0 Å². The highest BCUT2D eigenvalue weighted by atomic mass is 16.5. The van der Waals surface area contributed by atoms with Crippen molar-refractivity contribution in [1.82, 2.24) is 10.4 Å². The lowest BCUT2D eigenvalue weighted by Gasteiger charge is -2.12. The van der Waals surface area contributed by atoms with Crippen LogP contribution in [-0.2, 0) is 9.59 Å². The van der Waals surface area contributed by atoms with E-state index in [1.54, 1.807) is 0 Å². The molecule has 5 heteroatoms. The van der Waals surface area contributed by atoms with Crippen LogP contribution in [0.1, 0.15) is 12.8 Å². The van der Waals surface area contributed by atoms with Gasteiger partial charge in [0, 0.05) is 13.0 Å². The van der Waals surface area contributed by atoms with E-state index in [1.165, 1.54) is 10.4 Å². The quantitative estimate of drug-likeness (QED) is 0.405. The SMILES string of the molecule is O=C(CN1CCCC1=O)NO. The standard InChI is InChI=1S/C6H10N2O3/c9-5(7-11)4-8-3-1-2-6(8)10/h11H,1-4H2,(H,7,9). The fourth-order valence-corrected chi connectivity index (χ4v) is 1.08. The van der Waals surface area contributed by atoms with Crippen LogP contribution in [0.5, 0.6) is 0 Å². The van der Waals surface area contributed by atoms with Crippen molar-refractivity contribution >= 4 is 11.8 Å². The Morgan fingerprint density at radius 2 is 2.45 bits per heavy atom. The summed E-state index contributed by atoms with van der Waals surface area (Å²) < 4.78 is 0. The summed E-state index contributed by atoms with van der Waals surface area (Å²) in [5.74, 6) is -0.561. The number of nitrogens with one attached hydrogen (secondary N) is 1. The molecule has 0 aromatic rings. The van der Waals surface area contributed by atoms with E-state index in [0.29, 0.717) is 13.0 Å². The minimum absolute atomic E-state index is 0.0198. The number of nitrogens with zero attached hydrogens (tertiary/aromatic N) is 1. The van der Waals surface area contributed by atoms with Crippen molar-refractivity contribution < 1.29 is 14.8 Å². The molecule has 11 heavy (non-hydrogen) atoms. The molecule has 0 aromatic heterocycles. The van der Waals surface area contributed by atoms with Crippen LogP contribution in [0.25, 0.3) is 0 Å². The maximum absolute atomic E-state index is 10.9. The third kappa shape index (κ3) is 1.91. The van der Waals surface area contributed by atoms with Crippen molar-refractivity contribution in [2.75, 3.05) is 13.1 Å². The molecule has 1 heterocycles. The second-order valence-electron chi connectivity index (χ2n) is 2.45. The van der Waals surface area contributed by atoms with Gasteiger partial charge in [-0.2, -0.15) is 0 Å². The molecular weight excluding hydrogens is 148 g/mol. The Kier molecular flexibility index (Phi) is 2.43. The average Bonchev–Trinajstić information content (AvgIpc) is 2.37. The van der Waals surface area contributed by atoms with Crippen LogP contribution in [0.15, 0.2) is 0 Å². The third-order valence-corrected chi connectivity index (χ3v) is 1.63. The maximum atomic E-state index is 10.9. The molecule has 1 saturated heterocycles. The predicted molar refractivity (Wildman–Crippen MR) is 35.7 cm³/mol. The zero-order valence-electron chi connectivity index (χ0n) is 6.04. The second-order valence-corrected chi connectivity index (χ2v) is 2.45. The smallest absolute Gasteiger partial charge is 0.262 e. The van der Waals surface area contributed by atoms with Crippen molar-refractivity contribution in [1.29, 1.82) is 0 Å². The average molecular weight is 158 g/mol. The molecule has 62 valence electrons. The number of amides is 2. The summed E-state index contributed by atoms with van der Waals surface area (Å²) in [6.07, 6.45) is 1.32. The van der Waals surface area contributed by atoms with E-state index in [-0.39, 0.29) is 12.5 Å². The highest BCUT2D eigenvalue weighted by Gasteiger charge is 2.21. The normalized spacial score (nSPS) is 17.2. The number of carbonyl (C=O) groups excluding carboxylic acids is 2. The molecule has 0 aromatic carbocycles. The van der Waals surface area contributed by atoms with Crippen molar-refractivity contribution in [3.8, 4) is 0 Å². The van der Waals surface area contributed by atoms with Gasteiger partial charge in [0.15, 0.2) is 0 Å². The zero-order chi connectivity index (χ0) is 8.27. The molecule has 0 radical (unpaired) electrons. The summed E-state index contributed by atoms with van der Waals surface area (Å²) >= 11 is 0. The van der Waals surface area contributed by atoms with Crippen LogP contribution < -0.4 is 5.48 Å². The van der Waals surface area contributed by atoms with E-state index in [0.717, 1.165) is 6.42 Å². The summed E-state index contributed by atoms with van der Waals surface area (Å²) in [6, 6.07) is 0. The lowest BCUT2D eigenvalue weighted by atomic mass is 10.4. The van der Waals surface area contributed by atoms with Crippen LogP contribution in [0, 0.1) is 0 Å². The fourth-order valence-electron chi connectivity index (χ4n) is 1.08. The molecule has 0 atom stereocenters. The van der Waals surface area contributed by atoms with Gasteiger partial charge in [-0.05, 0) is 6.42 Å². The summed E-state index contributed by atoms with van der Waals surface area (Å²) in [5, 5.41) is 8.14. The van der Waals surface area contributed by atoms with E-state index in [4.69, 9.17) is 5.21 Å². The molecule has 0 spiro atoms. The molecule has 1 rings (SSSR count). The zero-order valence-corrected chi connectivity index (χ0v) is 6.04. The molecule has 0 bridgehead atoms. The molecule has 1 aliphatic heterocycles. The Hall–Kier alpha value is -1.10. The number of rotatable bonds is 2. The first-order valence-corrected chi connectivity index (χ1v) is 3.45. The number of carbonyl (C=O) groups is 2. The van der Waals surface area contributed by atoms with Crippen molar-refractivity contribution in [3.05, 3.63) is 0 Å². The topological polar surface area (TPSA) is 69.6 Å². The van der Waals surface area contributed by atoms with E-state index in [2.05, 4.69) is 0 Å². The molecule has 2 N–H and O–H groups in total. The minimum atomic E-state index is -0.541. The van der Waals surface area contributed by atoms with E-state index in [9.17, 15) is 9.59 Å². The number of likely N-dealkylation sites (tertiary alicyclic amines) is 1. The molecule has 2 amide bonds. The van der Waals surface area contributed by atoms with E-state index >= 15 is 0 Å². The van der Waals surface area contributed by atoms with E-state index in [1.807, 2.05) is 0 Å². The van der Waals surface area contributed by atoms with Crippen LogP contribution in [0.4, 0.5) is 0 Å². The van der Waals surface area contributed by atoms with Crippen molar-refractivity contribution in [2.24, 2.45) is 0 Å². The van der Waals surface area contributed by atoms with Crippen molar-refractivity contribution in [2.45, 2.75) is 12.8 Å². The van der Waals surface area contributed by atoms with Gasteiger partial charge in [-0.25, -0.2) is 5.48 Å². The molecular formula is C6H10N2O3. The summed E-state index contributed by atoms with van der Waals surface area (Å²) in [5.41, 5.74) is 1.48. The maximum Gasteiger partial charge on any atom is 0.262 e. The first-order chi connectivity index (χ1) is 5.24. The molecule has 0 saturated carbocycles. The lowest BCUT2D eigenvalue weighted by molar-refractivity contribution is -0.136. The Labute approximate surface area is 63.9 Å². The molecule has 1 aliphatic rings. The van der Waals surface area contributed by atoms with Crippen molar-refractivity contribution in [3.63, 3.8) is 0 Å². The lowest BCUT2D eigenvalue weighted by Crippen LogP contribution is -2.36. The number of hydrogen-bond donors (Lipinski definition) is 2. The first-order valence-electron chi connectivity index (χ1n) is 3.45. The molecule has 1 fully saturated rings. The predicted octanol–water partition coefficient (Wildman–Crippen LogP) is -0.886. The van der Waals surface area contributed by atoms with Gasteiger partial charge in [0.25, 0.3) is 5.91 Å². The number of hydrogen-bond acceptors (Lipinski definition) is 3.